The summed E-state index contributed by atoms with van der Waals surface area (Å²) in [5, 5.41) is 13.5. The van der Waals surface area contributed by atoms with E-state index in [2.05, 4.69) is 24.0 Å². The predicted octanol–water partition coefficient (Wildman–Crippen LogP) is 3.00. The van der Waals surface area contributed by atoms with Gasteiger partial charge in [-0.05, 0) is 43.4 Å². The van der Waals surface area contributed by atoms with Crippen molar-refractivity contribution in [3.8, 4) is 17.1 Å². The largest absolute Gasteiger partial charge is 0.508 e. The maximum Gasteiger partial charge on any atom is 0.226 e. The fourth-order valence-electron chi connectivity index (χ4n) is 2.45. The van der Waals surface area contributed by atoms with E-state index in [1.807, 2.05) is 6.07 Å². The van der Waals surface area contributed by atoms with E-state index in [9.17, 15) is 5.11 Å². The van der Waals surface area contributed by atoms with Crippen LogP contribution in [0, 0.1) is 11.8 Å². The lowest BCUT2D eigenvalue weighted by molar-refractivity contribution is 0.313. The Balaban J connectivity index is 2.00. The number of aromatic hydroxyl groups is 1. The van der Waals surface area contributed by atoms with E-state index < -0.39 is 0 Å². The van der Waals surface area contributed by atoms with Crippen molar-refractivity contribution in [1.82, 2.24) is 10.1 Å². The fraction of sp³-hybridized carbons (Fsp3) is 0.500. The van der Waals surface area contributed by atoms with E-state index in [1.165, 1.54) is 0 Å². The van der Waals surface area contributed by atoms with Crippen molar-refractivity contribution in [2.75, 3.05) is 6.54 Å². The highest BCUT2D eigenvalue weighted by Crippen LogP contribution is 2.23. The zero-order valence-corrected chi connectivity index (χ0v) is 12.6. The lowest BCUT2D eigenvalue weighted by Crippen LogP contribution is -2.15. The van der Waals surface area contributed by atoms with Crippen molar-refractivity contribution in [3.05, 3.63) is 30.2 Å². The Kier molecular flexibility index (Phi) is 5.33. The Morgan fingerprint density at radius 1 is 1.29 bits per heavy atom. The van der Waals surface area contributed by atoms with Crippen LogP contribution in [0.3, 0.4) is 0 Å². The molecule has 114 valence electrons. The summed E-state index contributed by atoms with van der Waals surface area (Å²) in [6, 6.07) is 6.85. The zero-order chi connectivity index (χ0) is 15.2. The Labute approximate surface area is 125 Å². The maximum absolute atomic E-state index is 9.48. The smallest absolute Gasteiger partial charge is 0.226 e. The first-order valence-corrected chi connectivity index (χ1v) is 7.42. The highest BCUT2D eigenvalue weighted by molar-refractivity contribution is 5.56. The topological polar surface area (TPSA) is 85.2 Å². The van der Waals surface area contributed by atoms with Gasteiger partial charge in [-0.3, -0.25) is 0 Å². The number of phenolic OH excluding ortho intramolecular Hbond substituents is 1. The van der Waals surface area contributed by atoms with Crippen LogP contribution in [0.4, 0.5) is 0 Å². The molecule has 0 spiro atoms. The molecule has 0 aliphatic heterocycles. The summed E-state index contributed by atoms with van der Waals surface area (Å²) in [5.74, 6) is 2.52. The van der Waals surface area contributed by atoms with Crippen LogP contribution >= 0.6 is 0 Å². The number of hydrogen-bond donors (Lipinski definition) is 2. The molecule has 5 nitrogen and oxygen atoms in total. The first-order chi connectivity index (χ1) is 10.1. The molecule has 1 aromatic heterocycles. The van der Waals surface area contributed by atoms with Crippen LogP contribution in [0.25, 0.3) is 11.4 Å². The van der Waals surface area contributed by atoms with Gasteiger partial charge in [-0.25, -0.2) is 0 Å². The molecular weight excluding hydrogens is 266 g/mol. The summed E-state index contributed by atoms with van der Waals surface area (Å²) in [5.41, 5.74) is 6.41. The van der Waals surface area contributed by atoms with Gasteiger partial charge in [-0.1, -0.05) is 31.1 Å². The molecule has 2 rings (SSSR count). The van der Waals surface area contributed by atoms with E-state index >= 15 is 0 Å². The van der Waals surface area contributed by atoms with Gasteiger partial charge in [0, 0.05) is 12.0 Å². The first kappa shape index (κ1) is 15.5. The Hall–Kier alpha value is -1.88. The molecule has 0 aliphatic carbocycles. The number of phenols is 1. The first-order valence-electron chi connectivity index (χ1n) is 7.42. The number of nitrogens with two attached hydrogens (primary N) is 1. The van der Waals surface area contributed by atoms with Gasteiger partial charge in [-0.2, -0.15) is 4.98 Å². The molecule has 1 aromatic carbocycles. The number of benzene rings is 1. The van der Waals surface area contributed by atoms with Gasteiger partial charge < -0.3 is 15.4 Å². The average Bonchev–Trinajstić information content (AvgIpc) is 2.92. The van der Waals surface area contributed by atoms with Crippen molar-refractivity contribution in [3.63, 3.8) is 0 Å². The molecule has 1 atom stereocenters. The van der Waals surface area contributed by atoms with Crippen molar-refractivity contribution < 1.29 is 9.63 Å². The van der Waals surface area contributed by atoms with Gasteiger partial charge in [0.15, 0.2) is 0 Å². The summed E-state index contributed by atoms with van der Waals surface area (Å²) in [7, 11) is 0. The van der Waals surface area contributed by atoms with Crippen LogP contribution in [0.2, 0.25) is 0 Å². The predicted molar refractivity (Wildman–Crippen MR) is 81.7 cm³/mol. The summed E-state index contributed by atoms with van der Waals surface area (Å²) < 4.78 is 5.29. The molecule has 0 amide bonds. The summed E-state index contributed by atoms with van der Waals surface area (Å²) in [6.07, 6.45) is 2.77. The summed E-state index contributed by atoms with van der Waals surface area (Å²) in [4.78, 5) is 4.39. The highest BCUT2D eigenvalue weighted by atomic mass is 16.5. The molecule has 21 heavy (non-hydrogen) atoms. The molecule has 0 bridgehead atoms. The Morgan fingerprint density at radius 3 is 2.76 bits per heavy atom. The molecule has 1 unspecified atom stereocenters. The van der Waals surface area contributed by atoms with Gasteiger partial charge in [0.05, 0.1) is 0 Å². The summed E-state index contributed by atoms with van der Waals surface area (Å²) in [6.45, 7) is 5.14. The van der Waals surface area contributed by atoms with Gasteiger partial charge >= 0.3 is 0 Å². The quantitative estimate of drug-likeness (QED) is 0.818. The van der Waals surface area contributed by atoms with Gasteiger partial charge in [0.1, 0.15) is 5.75 Å². The van der Waals surface area contributed by atoms with Crippen molar-refractivity contribution in [2.45, 2.75) is 33.1 Å². The Morgan fingerprint density at radius 2 is 2.10 bits per heavy atom. The van der Waals surface area contributed by atoms with Crippen LogP contribution in [-0.4, -0.2) is 21.8 Å². The van der Waals surface area contributed by atoms with E-state index in [-0.39, 0.29) is 5.75 Å². The van der Waals surface area contributed by atoms with E-state index in [0.717, 1.165) is 24.8 Å². The van der Waals surface area contributed by atoms with Gasteiger partial charge in [0.2, 0.25) is 11.7 Å². The van der Waals surface area contributed by atoms with Crippen LogP contribution < -0.4 is 5.73 Å². The van der Waals surface area contributed by atoms with Crippen molar-refractivity contribution in [2.24, 2.45) is 17.6 Å². The molecule has 0 saturated heterocycles. The number of aryl methyl sites for hydroxylation is 1. The van der Waals surface area contributed by atoms with Crippen LogP contribution in [0.5, 0.6) is 5.75 Å². The number of rotatable bonds is 7. The van der Waals surface area contributed by atoms with E-state index in [0.29, 0.717) is 30.1 Å². The third-order valence-corrected chi connectivity index (χ3v) is 3.78. The molecule has 0 saturated carbocycles. The molecule has 5 heteroatoms. The lowest BCUT2D eigenvalue weighted by atomic mass is 9.88. The van der Waals surface area contributed by atoms with Crippen molar-refractivity contribution >= 4 is 0 Å². The molecule has 3 N–H and O–H groups in total. The lowest BCUT2D eigenvalue weighted by Gasteiger charge is -2.18. The minimum atomic E-state index is 0.196. The number of nitrogens with zero attached hydrogens (tertiary/aromatic N) is 2. The minimum absolute atomic E-state index is 0.196. The van der Waals surface area contributed by atoms with E-state index in [1.54, 1.807) is 18.2 Å². The highest BCUT2D eigenvalue weighted by Gasteiger charge is 2.15. The SMILES string of the molecule is CC(C)C(CCN)CCc1nc(-c2cccc(O)c2)no1. The zero-order valence-electron chi connectivity index (χ0n) is 12.6. The normalized spacial score (nSPS) is 12.8. The van der Waals surface area contributed by atoms with Crippen molar-refractivity contribution in [1.29, 1.82) is 0 Å². The third kappa shape index (κ3) is 4.29. The van der Waals surface area contributed by atoms with Gasteiger partial charge in [-0.15, -0.1) is 0 Å². The average molecular weight is 289 g/mol. The monoisotopic (exact) mass is 289 g/mol. The second kappa shape index (κ2) is 7.22. The van der Waals surface area contributed by atoms with Crippen LogP contribution in [-0.2, 0) is 6.42 Å². The maximum atomic E-state index is 9.48. The molecule has 0 radical (unpaired) electrons. The second-order valence-corrected chi connectivity index (χ2v) is 5.68. The standard InChI is InChI=1S/C16H23N3O2/c1-11(2)12(8-9-17)6-7-15-18-16(19-21-15)13-4-3-5-14(20)10-13/h3-5,10-12,20H,6-9,17H2,1-2H3. The molecular formula is C16H23N3O2. The van der Waals surface area contributed by atoms with Crippen LogP contribution in [0.15, 0.2) is 28.8 Å². The van der Waals surface area contributed by atoms with Gasteiger partial charge in [0.25, 0.3) is 0 Å². The van der Waals surface area contributed by atoms with E-state index in [4.69, 9.17) is 10.3 Å². The summed E-state index contributed by atoms with van der Waals surface area (Å²) >= 11 is 0. The number of hydrogen-bond acceptors (Lipinski definition) is 5. The molecule has 2 aromatic rings. The third-order valence-electron chi connectivity index (χ3n) is 3.78. The minimum Gasteiger partial charge on any atom is -0.508 e. The van der Waals surface area contributed by atoms with Crippen LogP contribution in [0.1, 0.15) is 32.6 Å². The number of aromatic nitrogens is 2. The fourth-order valence-corrected chi connectivity index (χ4v) is 2.45. The molecule has 0 aliphatic rings. The second-order valence-electron chi connectivity index (χ2n) is 5.68. The molecule has 1 heterocycles. The Bertz CT molecular complexity index is 566. The molecule has 0 fully saturated rings.